The van der Waals surface area contributed by atoms with Gasteiger partial charge < -0.3 is 5.73 Å². The number of benzene rings is 1. The van der Waals surface area contributed by atoms with Gasteiger partial charge in [0.25, 0.3) is 0 Å². The minimum absolute atomic E-state index is 0. The van der Waals surface area contributed by atoms with Crippen LogP contribution in [-0.4, -0.2) is 24.5 Å². The number of nitrogens with zero attached hydrogens (tertiary/aromatic N) is 1. The molecule has 1 heterocycles. The average molecular weight is 391 g/mol. The molecule has 25 heavy (non-hydrogen) atoms. The van der Waals surface area contributed by atoms with Gasteiger partial charge in [-0.2, -0.15) is 26.3 Å². The molecule has 0 spiro atoms. The van der Waals surface area contributed by atoms with E-state index in [0.29, 0.717) is 19.6 Å². The third kappa shape index (κ3) is 5.01. The molecular formula is C16H21ClF6N2. The standard InChI is InChI=1S/C16H20F6N2.ClH/c1-10(24-4-3-14(2,8-23)9-24)11-5-12(15(17,18)19)7-13(6-11)16(20,21)22;/h5-7,10H,3-4,8-9,23H2,1-2H3;1H. The van der Waals surface area contributed by atoms with E-state index in [1.807, 2.05) is 11.8 Å². The summed E-state index contributed by atoms with van der Waals surface area (Å²) in [6.45, 7) is 5.15. The second-order valence-electron chi connectivity index (χ2n) is 6.75. The van der Waals surface area contributed by atoms with E-state index in [2.05, 4.69) is 0 Å². The van der Waals surface area contributed by atoms with Crippen LogP contribution < -0.4 is 5.73 Å². The topological polar surface area (TPSA) is 29.3 Å². The van der Waals surface area contributed by atoms with Crippen LogP contribution in [0.1, 0.15) is 43.0 Å². The van der Waals surface area contributed by atoms with Crippen LogP contribution in [0.15, 0.2) is 18.2 Å². The van der Waals surface area contributed by atoms with E-state index in [1.54, 1.807) is 6.92 Å². The van der Waals surface area contributed by atoms with E-state index in [1.165, 1.54) is 0 Å². The first-order valence-electron chi connectivity index (χ1n) is 7.59. The SMILES string of the molecule is CC(c1cc(C(F)(F)F)cc(C(F)(F)F)c1)N1CCC(C)(CN)C1.Cl. The third-order valence-corrected chi connectivity index (χ3v) is 4.72. The molecule has 2 nitrogen and oxygen atoms in total. The van der Waals surface area contributed by atoms with Crippen molar-refractivity contribution in [1.29, 1.82) is 0 Å². The molecule has 1 fully saturated rings. The number of alkyl halides is 6. The van der Waals surface area contributed by atoms with Gasteiger partial charge in [0.15, 0.2) is 0 Å². The van der Waals surface area contributed by atoms with Crippen LogP contribution in [0, 0.1) is 5.41 Å². The maximum Gasteiger partial charge on any atom is 0.416 e. The summed E-state index contributed by atoms with van der Waals surface area (Å²) in [5.41, 5.74) is 3.00. The fourth-order valence-corrected chi connectivity index (χ4v) is 2.99. The Morgan fingerprint density at radius 2 is 1.56 bits per heavy atom. The molecule has 2 rings (SSSR count). The molecule has 0 amide bonds. The first-order valence-corrected chi connectivity index (χ1v) is 7.59. The van der Waals surface area contributed by atoms with Crippen LogP contribution in [0.2, 0.25) is 0 Å². The van der Waals surface area contributed by atoms with Crippen molar-refractivity contribution in [3.05, 3.63) is 34.9 Å². The Morgan fingerprint density at radius 1 is 1.08 bits per heavy atom. The predicted molar refractivity (Wildman–Crippen MR) is 85.5 cm³/mol. The average Bonchev–Trinajstić information content (AvgIpc) is 2.87. The molecule has 0 aromatic heterocycles. The summed E-state index contributed by atoms with van der Waals surface area (Å²) in [6.07, 6.45) is -8.89. The molecule has 144 valence electrons. The van der Waals surface area contributed by atoms with Gasteiger partial charge >= 0.3 is 12.4 Å². The Kier molecular flexibility index (Phi) is 6.46. The van der Waals surface area contributed by atoms with E-state index < -0.39 is 29.5 Å². The molecule has 2 unspecified atom stereocenters. The fraction of sp³-hybridized carbons (Fsp3) is 0.625. The number of rotatable bonds is 3. The van der Waals surface area contributed by atoms with E-state index in [0.717, 1.165) is 18.6 Å². The monoisotopic (exact) mass is 390 g/mol. The summed E-state index contributed by atoms with van der Waals surface area (Å²) in [5.74, 6) is 0. The highest BCUT2D eigenvalue weighted by Crippen LogP contribution is 2.40. The summed E-state index contributed by atoms with van der Waals surface area (Å²) in [7, 11) is 0. The molecule has 0 aliphatic carbocycles. The molecule has 0 bridgehead atoms. The van der Waals surface area contributed by atoms with Crippen LogP contribution in [0.25, 0.3) is 0 Å². The quantitative estimate of drug-likeness (QED) is 0.745. The molecular weight excluding hydrogens is 370 g/mol. The Morgan fingerprint density at radius 3 is 1.92 bits per heavy atom. The number of hydrogen-bond donors (Lipinski definition) is 1. The van der Waals surface area contributed by atoms with Crippen LogP contribution in [0.4, 0.5) is 26.3 Å². The molecule has 0 radical (unpaired) electrons. The number of halogens is 7. The van der Waals surface area contributed by atoms with Gasteiger partial charge in [-0.05, 0) is 55.6 Å². The van der Waals surface area contributed by atoms with Crippen LogP contribution >= 0.6 is 12.4 Å². The van der Waals surface area contributed by atoms with Gasteiger partial charge in [-0.15, -0.1) is 12.4 Å². The van der Waals surface area contributed by atoms with Crippen LogP contribution in [0.5, 0.6) is 0 Å². The lowest BCUT2D eigenvalue weighted by Crippen LogP contribution is -2.32. The largest absolute Gasteiger partial charge is 0.416 e. The van der Waals surface area contributed by atoms with Gasteiger partial charge in [-0.1, -0.05) is 6.92 Å². The highest BCUT2D eigenvalue weighted by molar-refractivity contribution is 5.85. The van der Waals surface area contributed by atoms with Gasteiger partial charge in [0, 0.05) is 12.6 Å². The van der Waals surface area contributed by atoms with Gasteiger partial charge in [-0.25, -0.2) is 0 Å². The van der Waals surface area contributed by atoms with Crippen molar-refractivity contribution in [3.63, 3.8) is 0 Å². The van der Waals surface area contributed by atoms with Crippen molar-refractivity contribution in [3.8, 4) is 0 Å². The minimum atomic E-state index is -4.83. The van der Waals surface area contributed by atoms with Crippen molar-refractivity contribution >= 4 is 12.4 Å². The Labute approximate surface area is 148 Å². The zero-order chi connectivity index (χ0) is 18.3. The molecule has 1 aliphatic rings. The van der Waals surface area contributed by atoms with E-state index in [9.17, 15) is 26.3 Å². The lowest BCUT2D eigenvalue weighted by atomic mass is 9.90. The summed E-state index contributed by atoms with van der Waals surface area (Å²) >= 11 is 0. The molecule has 1 saturated heterocycles. The van der Waals surface area contributed by atoms with Crippen LogP contribution in [0.3, 0.4) is 0 Å². The maximum absolute atomic E-state index is 13.0. The summed E-state index contributed by atoms with van der Waals surface area (Å²) in [4.78, 5) is 1.88. The first-order chi connectivity index (χ1) is 10.9. The lowest BCUT2D eigenvalue weighted by molar-refractivity contribution is -0.143. The molecule has 2 N–H and O–H groups in total. The predicted octanol–water partition coefficient (Wildman–Crippen LogP) is 4.88. The zero-order valence-electron chi connectivity index (χ0n) is 13.8. The van der Waals surface area contributed by atoms with Crippen molar-refractivity contribution in [2.24, 2.45) is 11.1 Å². The number of nitrogens with two attached hydrogens (primary N) is 1. The molecule has 0 saturated carbocycles. The molecule has 1 aromatic rings. The Balaban J connectivity index is 0.00000312. The van der Waals surface area contributed by atoms with Gasteiger partial charge in [0.1, 0.15) is 0 Å². The summed E-state index contributed by atoms with van der Waals surface area (Å²) in [5, 5.41) is 0. The molecule has 1 aliphatic heterocycles. The highest BCUT2D eigenvalue weighted by Gasteiger charge is 2.39. The van der Waals surface area contributed by atoms with Crippen molar-refractivity contribution in [2.45, 2.75) is 38.7 Å². The van der Waals surface area contributed by atoms with E-state index in [-0.39, 0.29) is 29.5 Å². The summed E-state index contributed by atoms with van der Waals surface area (Å²) in [6, 6.07) is 1.21. The summed E-state index contributed by atoms with van der Waals surface area (Å²) < 4.78 is 77.7. The van der Waals surface area contributed by atoms with E-state index in [4.69, 9.17) is 5.73 Å². The normalized spacial score (nSPS) is 23.4. The molecule has 1 aromatic carbocycles. The fourth-order valence-electron chi connectivity index (χ4n) is 2.99. The van der Waals surface area contributed by atoms with Gasteiger partial charge in [0.2, 0.25) is 0 Å². The Hall–Kier alpha value is -0.990. The number of likely N-dealkylation sites (tertiary alicyclic amines) is 1. The van der Waals surface area contributed by atoms with Crippen molar-refractivity contribution < 1.29 is 26.3 Å². The second kappa shape index (κ2) is 7.32. The Bertz CT molecular complexity index is 569. The zero-order valence-corrected chi connectivity index (χ0v) is 14.7. The van der Waals surface area contributed by atoms with Crippen molar-refractivity contribution in [2.75, 3.05) is 19.6 Å². The highest BCUT2D eigenvalue weighted by atomic mass is 35.5. The lowest BCUT2D eigenvalue weighted by Gasteiger charge is -2.28. The maximum atomic E-state index is 13.0. The third-order valence-electron chi connectivity index (χ3n) is 4.72. The van der Waals surface area contributed by atoms with Crippen molar-refractivity contribution in [1.82, 2.24) is 4.90 Å². The van der Waals surface area contributed by atoms with Gasteiger partial charge in [-0.3, -0.25) is 4.90 Å². The first kappa shape index (κ1) is 22.1. The minimum Gasteiger partial charge on any atom is -0.330 e. The van der Waals surface area contributed by atoms with Crippen LogP contribution in [-0.2, 0) is 12.4 Å². The molecule has 9 heteroatoms. The van der Waals surface area contributed by atoms with E-state index >= 15 is 0 Å². The number of hydrogen-bond acceptors (Lipinski definition) is 2. The second-order valence-corrected chi connectivity index (χ2v) is 6.75. The molecule has 2 atom stereocenters. The van der Waals surface area contributed by atoms with Gasteiger partial charge in [0.05, 0.1) is 11.1 Å². The smallest absolute Gasteiger partial charge is 0.330 e.